The minimum Gasteiger partial charge on any atom is -0.398 e. The summed E-state index contributed by atoms with van der Waals surface area (Å²) in [7, 11) is 1.61. The molecule has 1 rings (SSSR count). The fourth-order valence-electron chi connectivity index (χ4n) is 1.08. The lowest BCUT2D eigenvalue weighted by molar-refractivity contribution is -0.119. The van der Waals surface area contributed by atoms with Crippen molar-refractivity contribution >= 4 is 35.0 Å². The predicted molar refractivity (Wildman–Crippen MR) is 65.3 cm³/mol. The fraction of sp³-hybridized carbons (Fsp3) is 0.300. The minimum absolute atomic E-state index is 0.0423. The van der Waals surface area contributed by atoms with Crippen LogP contribution in [0.3, 0.4) is 0 Å². The van der Waals surface area contributed by atoms with Crippen LogP contribution < -0.4 is 11.1 Å². The van der Waals surface area contributed by atoms with Gasteiger partial charge in [0.05, 0.1) is 10.3 Å². The van der Waals surface area contributed by atoms with E-state index >= 15 is 0 Å². The van der Waals surface area contributed by atoms with Crippen LogP contribution in [0.25, 0.3) is 0 Å². The quantitative estimate of drug-likeness (QED) is 0.633. The Labute approximate surface area is 98.4 Å². The van der Waals surface area contributed by atoms with Crippen molar-refractivity contribution in [2.45, 2.75) is 17.1 Å². The van der Waals surface area contributed by atoms with Gasteiger partial charge in [-0.3, -0.25) is 4.79 Å². The van der Waals surface area contributed by atoms with E-state index in [-0.39, 0.29) is 11.2 Å². The molecule has 15 heavy (non-hydrogen) atoms. The molecule has 1 unspecified atom stereocenters. The first-order valence-electron chi connectivity index (χ1n) is 4.48. The number of benzene rings is 1. The highest BCUT2D eigenvalue weighted by atomic mass is 35.5. The molecule has 5 heteroatoms. The highest BCUT2D eigenvalue weighted by Gasteiger charge is 2.15. The maximum Gasteiger partial charge on any atom is 0.232 e. The van der Waals surface area contributed by atoms with Crippen molar-refractivity contribution in [1.29, 1.82) is 0 Å². The van der Waals surface area contributed by atoms with Crippen LogP contribution in [0.1, 0.15) is 6.92 Å². The van der Waals surface area contributed by atoms with Gasteiger partial charge in [-0.2, -0.15) is 0 Å². The molecule has 1 aromatic rings. The molecule has 0 spiro atoms. The third-order valence-electron chi connectivity index (χ3n) is 1.91. The number of hydrogen-bond donors (Lipinski definition) is 2. The van der Waals surface area contributed by atoms with Gasteiger partial charge in [0, 0.05) is 17.6 Å². The molecule has 0 aliphatic heterocycles. The number of hydrogen-bond acceptors (Lipinski definition) is 3. The Morgan fingerprint density at radius 1 is 1.60 bits per heavy atom. The van der Waals surface area contributed by atoms with E-state index in [0.717, 1.165) is 4.90 Å². The van der Waals surface area contributed by atoms with Gasteiger partial charge in [-0.1, -0.05) is 17.7 Å². The summed E-state index contributed by atoms with van der Waals surface area (Å²) in [6, 6.07) is 5.31. The monoisotopic (exact) mass is 244 g/mol. The zero-order valence-electron chi connectivity index (χ0n) is 8.58. The van der Waals surface area contributed by atoms with Crippen LogP contribution in [-0.2, 0) is 4.79 Å². The van der Waals surface area contributed by atoms with Gasteiger partial charge in [-0.15, -0.1) is 11.8 Å². The topological polar surface area (TPSA) is 55.1 Å². The highest BCUT2D eigenvalue weighted by Crippen LogP contribution is 2.34. The Morgan fingerprint density at radius 2 is 2.27 bits per heavy atom. The summed E-state index contributed by atoms with van der Waals surface area (Å²) in [6.45, 7) is 1.81. The van der Waals surface area contributed by atoms with E-state index in [1.54, 1.807) is 25.2 Å². The van der Waals surface area contributed by atoms with E-state index in [4.69, 9.17) is 17.3 Å². The van der Waals surface area contributed by atoms with Crippen molar-refractivity contribution in [3.63, 3.8) is 0 Å². The number of rotatable bonds is 3. The predicted octanol–water partition coefficient (Wildman–Crippen LogP) is 2.15. The first kappa shape index (κ1) is 12.2. The highest BCUT2D eigenvalue weighted by molar-refractivity contribution is 8.00. The number of nitrogens with one attached hydrogen (secondary N) is 1. The molecule has 0 aliphatic carbocycles. The molecule has 0 aromatic heterocycles. The van der Waals surface area contributed by atoms with Crippen LogP contribution in [0.5, 0.6) is 0 Å². The van der Waals surface area contributed by atoms with Crippen molar-refractivity contribution in [1.82, 2.24) is 5.32 Å². The Hall–Kier alpha value is -0.870. The van der Waals surface area contributed by atoms with Crippen LogP contribution in [0.2, 0.25) is 5.02 Å². The Balaban J connectivity index is 2.85. The second kappa shape index (κ2) is 5.28. The van der Waals surface area contributed by atoms with Gasteiger partial charge in [0.25, 0.3) is 0 Å². The minimum atomic E-state index is -0.211. The van der Waals surface area contributed by atoms with Crippen molar-refractivity contribution < 1.29 is 4.79 Å². The molecule has 0 heterocycles. The van der Waals surface area contributed by atoms with E-state index in [0.29, 0.717) is 10.7 Å². The van der Waals surface area contributed by atoms with Crippen molar-refractivity contribution in [2.75, 3.05) is 12.8 Å². The molecule has 0 radical (unpaired) electrons. The summed E-state index contributed by atoms with van der Waals surface area (Å²) < 4.78 is 0. The SMILES string of the molecule is CNC(=O)C(C)Sc1c(N)cccc1Cl. The smallest absolute Gasteiger partial charge is 0.232 e. The Kier molecular flexibility index (Phi) is 4.29. The molecule has 0 saturated heterocycles. The number of halogens is 1. The number of carbonyl (C=O) groups is 1. The summed E-state index contributed by atoms with van der Waals surface area (Å²) in [4.78, 5) is 12.1. The number of anilines is 1. The van der Waals surface area contributed by atoms with Crippen LogP contribution in [0, 0.1) is 0 Å². The lowest BCUT2D eigenvalue weighted by Crippen LogP contribution is -2.27. The summed E-state index contributed by atoms with van der Waals surface area (Å²) >= 11 is 7.35. The maximum absolute atomic E-state index is 11.3. The first-order valence-corrected chi connectivity index (χ1v) is 5.74. The van der Waals surface area contributed by atoms with Gasteiger partial charge in [0.2, 0.25) is 5.91 Å². The van der Waals surface area contributed by atoms with E-state index in [9.17, 15) is 4.79 Å². The number of nitrogens with two attached hydrogens (primary N) is 1. The van der Waals surface area contributed by atoms with Crippen LogP contribution in [0.15, 0.2) is 23.1 Å². The second-order valence-electron chi connectivity index (χ2n) is 3.03. The third-order valence-corrected chi connectivity index (χ3v) is 3.59. The standard InChI is InChI=1S/C10H13ClN2OS/c1-6(10(14)13-2)15-9-7(11)4-3-5-8(9)12/h3-6H,12H2,1-2H3,(H,13,14). The van der Waals surface area contributed by atoms with Gasteiger partial charge < -0.3 is 11.1 Å². The van der Waals surface area contributed by atoms with E-state index < -0.39 is 0 Å². The number of nitrogen functional groups attached to an aromatic ring is 1. The summed E-state index contributed by atoms with van der Waals surface area (Å²) in [5.74, 6) is -0.0423. The molecule has 1 aromatic carbocycles. The second-order valence-corrected chi connectivity index (χ2v) is 4.79. The average Bonchev–Trinajstić information content (AvgIpc) is 2.22. The number of thioether (sulfide) groups is 1. The summed E-state index contributed by atoms with van der Waals surface area (Å²) in [5, 5.41) is 2.95. The van der Waals surface area contributed by atoms with Gasteiger partial charge in [-0.25, -0.2) is 0 Å². The Morgan fingerprint density at radius 3 is 2.80 bits per heavy atom. The van der Waals surface area contributed by atoms with E-state index in [2.05, 4.69) is 5.32 Å². The molecule has 1 amide bonds. The summed E-state index contributed by atoms with van der Waals surface area (Å²) in [6.07, 6.45) is 0. The van der Waals surface area contributed by atoms with Gasteiger partial charge in [-0.05, 0) is 19.1 Å². The van der Waals surface area contributed by atoms with Crippen LogP contribution >= 0.6 is 23.4 Å². The number of amides is 1. The van der Waals surface area contributed by atoms with Gasteiger partial charge >= 0.3 is 0 Å². The largest absolute Gasteiger partial charge is 0.398 e. The van der Waals surface area contributed by atoms with Gasteiger partial charge in [0.15, 0.2) is 0 Å². The first-order chi connectivity index (χ1) is 7.06. The number of carbonyl (C=O) groups excluding carboxylic acids is 1. The van der Waals surface area contributed by atoms with Crippen molar-refractivity contribution in [3.05, 3.63) is 23.2 Å². The maximum atomic E-state index is 11.3. The zero-order chi connectivity index (χ0) is 11.4. The molecule has 0 fully saturated rings. The van der Waals surface area contributed by atoms with Crippen LogP contribution in [0.4, 0.5) is 5.69 Å². The lowest BCUT2D eigenvalue weighted by Gasteiger charge is -2.12. The van der Waals surface area contributed by atoms with Gasteiger partial charge in [0.1, 0.15) is 0 Å². The summed E-state index contributed by atoms with van der Waals surface area (Å²) in [5.41, 5.74) is 6.37. The normalized spacial score (nSPS) is 12.2. The third kappa shape index (κ3) is 3.04. The molecular weight excluding hydrogens is 232 g/mol. The van der Waals surface area contributed by atoms with E-state index in [1.165, 1.54) is 11.8 Å². The molecular formula is C10H13ClN2OS. The van der Waals surface area contributed by atoms with E-state index in [1.807, 2.05) is 6.92 Å². The molecule has 1 atom stereocenters. The lowest BCUT2D eigenvalue weighted by atomic mass is 10.3. The molecule has 0 bridgehead atoms. The molecule has 3 N–H and O–H groups in total. The van der Waals surface area contributed by atoms with Crippen LogP contribution in [-0.4, -0.2) is 18.2 Å². The molecule has 3 nitrogen and oxygen atoms in total. The average molecular weight is 245 g/mol. The molecule has 0 aliphatic rings. The van der Waals surface area contributed by atoms with Crippen molar-refractivity contribution in [2.24, 2.45) is 0 Å². The zero-order valence-corrected chi connectivity index (χ0v) is 10.2. The molecule has 82 valence electrons. The molecule has 0 saturated carbocycles. The fourth-order valence-corrected chi connectivity index (χ4v) is 2.36. The Bertz CT molecular complexity index is 350. The van der Waals surface area contributed by atoms with Crippen molar-refractivity contribution in [3.8, 4) is 0 Å².